The van der Waals surface area contributed by atoms with Gasteiger partial charge >= 0.3 is 6.09 Å². The Morgan fingerprint density at radius 2 is 2.11 bits per heavy atom. The molecule has 3 aliphatic rings. The molecule has 4 amide bonds. The second kappa shape index (κ2) is 9.59. The molecular formula is C25H21ClFN5O5S. The van der Waals surface area contributed by atoms with Gasteiger partial charge in [-0.25, -0.2) is 14.2 Å². The quantitative estimate of drug-likeness (QED) is 0.460. The molecule has 3 aromatic rings. The molecule has 1 atom stereocenters. The number of hydrogen-bond acceptors (Lipinski definition) is 8. The number of carbonyl (C=O) groups excluding carboxylic acids is 4. The Bertz CT molecular complexity index is 1510. The molecule has 13 heteroatoms. The molecular weight excluding hydrogens is 537 g/mol. The first kappa shape index (κ1) is 24.7. The lowest BCUT2D eigenvalue weighted by molar-refractivity contribution is -0.136. The number of nitrogens with zero attached hydrogens (tertiary/aromatic N) is 3. The fourth-order valence-electron chi connectivity index (χ4n) is 5.20. The highest BCUT2D eigenvalue weighted by Crippen LogP contribution is 2.41. The molecule has 6 rings (SSSR count). The molecule has 1 saturated carbocycles. The standard InChI is InChI=1S/C25H21ClFN5O5S/c26-15-7-12(20(27)19-14(15)9-32(24(19)35)16-1-2-18(33)31-23(16)34)8-29-25(36)37-13-5-11(6-13)21-22-17(3-4-28-21)38-10-30-22/h3-4,7,10-11,13,16H,1-2,5-6,8-9H2,(H,29,36)(H,31,33,34)/t11?,13?,16-/m1/s1. The Kier molecular flexibility index (Phi) is 6.23. The van der Waals surface area contributed by atoms with E-state index in [-0.39, 0.29) is 59.7 Å². The highest BCUT2D eigenvalue weighted by Gasteiger charge is 2.42. The Hall–Kier alpha value is -3.64. The number of aromatic nitrogens is 2. The molecule has 2 N–H and O–H groups in total. The van der Waals surface area contributed by atoms with Crippen molar-refractivity contribution < 1.29 is 28.3 Å². The van der Waals surface area contributed by atoms with Gasteiger partial charge in [-0.1, -0.05) is 11.6 Å². The van der Waals surface area contributed by atoms with Crippen LogP contribution in [0.5, 0.6) is 0 Å². The summed E-state index contributed by atoms with van der Waals surface area (Å²) < 4.78 is 21.9. The first-order valence-corrected chi connectivity index (χ1v) is 13.3. The van der Waals surface area contributed by atoms with Crippen molar-refractivity contribution in [2.45, 2.75) is 56.8 Å². The van der Waals surface area contributed by atoms with Crippen LogP contribution in [0.1, 0.15) is 58.8 Å². The average molecular weight is 558 g/mol. The summed E-state index contributed by atoms with van der Waals surface area (Å²) in [5, 5.41) is 4.88. The number of carbonyl (C=O) groups is 4. The van der Waals surface area contributed by atoms with Gasteiger partial charge in [-0.2, -0.15) is 0 Å². The van der Waals surface area contributed by atoms with E-state index in [9.17, 15) is 19.2 Å². The average Bonchev–Trinajstić information content (AvgIpc) is 3.48. The van der Waals surface area contributed by atoms with Gasteiger partial charge in [0, 0.05) is 47.8 Å². The van der Waals surface area contributed by atoms with E-state index in [0.29, 0.717) is 12.8 Å². The second-order valence-corrected chi connectivity index (χ2v) is 10.8. The number of imide groups is 1. The van der Waals surface area contributed by atoms with Crippen LogP contribution < -0.4 is 10.6 Å². The normalized spacial score (nSPS) is 22.7. The van der Waals surface area contributed by atoms with E-state index in [4.69, 9.17) is 16.3 Å². The van der Waals surface area contributed by atoms with Crippen LogP contribution in [-0.4, -0.2) is 50.8 Å². The third kappa shape index (κ3) is 4.27. The maximum Gasteiger partial charge on any atom is 0.407 e. The smallest absolute Gasteiger partial charge is 0.407 e. The number of thiazole rings is 1. The van der Waals surface area contributed by atoms with E-state index in [1.165, 1.54) is 11.0 Å². The third-order valence-electron chi connectivity index (χ3n) is 7.24. The molecule has 0 bridgehead atoms. The molecule has 2 aromatic heterocycles. The second-order valence-electron chi connectivity index (χ2n) is 9.53. The fraction of sp³-hybridized carbons (Fsp3) is 0.360. The van der Waals surface area contributed by atoms with Gasteiger partial charge in [-0.05, 0) is 31.4 Å². The molecule has 38 heavy (non-hydrogen) atoms. The molecule has 1 aromatic carbocycles. The number of pyridine rings is 1. The van der Waals surface area contributed by atoms with E-state index in [2.05, 4.69) is 20.6 Å². The zero-order valence-corrected chi connectivity index (χ0v) is 21.4. The Labute approximate surface area is 224 Å². The molecule has 0 unspecified atom stereocenters. The molecule has 0 spiro atoms. The van der Waals surface area contributed by atoms with Crippen molar-refractivity contribution in [2.24, 2.45) is 0 Å². The Balaban J connectivity index is 1.07. The van der Waals surface area contributed by atoms with Crippen LogP contribution in [0.4, 0.5) is 9.18 Å². The number of nitrogens with one attached hydrogen (secondary N) is 2. The first-order valence-electron chi connectivity index (χ1n) is 12.1. The van der Waals surface area contributed by atoms with Gasteiger partial charge < -0.3 is 15.0 Å². The van der Waals surface area contributed by atoms with Crippen LogP contribution in [0, 0.1) is 5.82 Å². The highest BCUT2D eigenvalue weighted by molar-refractivity contribution is 7.16. The number of piperidine rings is 1. The summed E-state index contributed by atoms with van der Waals surface area (Å²) in [6, 6.07) is 2.39. The summed E-state index contributed by atoms with van der Waals surface area (Å²) in [5.41, 5.74) is 3.62. The van der Waals surface area contributed by atoms with E-state index in [1.807, 2.05) is 6.07 Å². The first-order chi connectivity index (χ1) is 18.3. The van der Waals surface area contributed by atoms with Gasteiger partial charge in [-0.3, -0.25) is 24.7 Å². The molecule has 0 radical (unpaired) electrons. The fourth-order valence-corrected chi connectivity index (χ4v) is 6.16. The van der Waals surface area contributed by atoms with Gasteiger partial charge in [0.1, 0.15) is 23.5 Å². The van der Waals surface area contributed by atoms with E-state index < -0.39 is 35.7 Å². The lowest BCUT2D eigenvalue weighted by atomic mass is 9.79. The maximum absolute atomic E-state index is 15.4. The minimum absolute atomic E-state index is 0.0232. The summed E-state index contributed by atoms with van der Waals surface area (Å²) in [5.74, 6) is -2.35. The highest BCUT2D eigenvalue weighted by atomic mass is 35.5. The van der Waals surface area contributed by atoms with Crippen LogP contribution in [0.15, 0.2) is 23.8 Å². The number of amides is 4. The summed E-state index contributed by atoms with van der Waals surface area (Å²) >= 11 is 7.91. The van der Waals surface area contributed by atoms with Crippen LogP contribution in [0.2, 0.25) is 5.02 Å². The molecule has 10 nitrogen and oxygen atoms in total. The summed E-state index contributed by atoms with van der Waals surface area (Å²) in [4.78, 5) is 59.2. The summed E-state index contributed by atoms with van der Waals surface area (Å²) in [6.45, 7) is -0.280. The van der Waals surface area contributed by atoms with Crippen LogP contribution in [0.25, 0.3) is 10.2 Å². The maximum atomic E-state index is 15.4. The zero-order chi connectivity index (χ0) is 26.6. The number of alkyl carbamates (subject to hydrolysis) is 1. The summed E-state index contributed by atoms with van der Waals surface area (Å²) in [7, 11) is 0. The number of hydrogen-bond donors (Lipinski definition) is 2. The Morgan fingerprint density at radius 1 is 1.29 bits per heavy atom. The van der Waals surface area contributed by atoms with Gasteiger partial charge in [0.05, 0.1) is 21.5 Å². The number of fused-ring (bicyclic) bond motifs is 2. The topological polar surface area (TPSA) is 131 Å². The predicted octanol–water partition coefficient (Wildman–Crippen LogP) is 3.42. The van der Waals surface area contributed by atoms with Crippen LogP contribution in [-0.2, 0) is 27.4 Å². The van der Waals surface area contributed by atoms with Crippen LogP contribution >= 0.6 is 22.9 Å². The van der Waals surface area contributed by atoms with Crippen molar-refractivity contribution in [3.8, 4) is 0 Å². The molecule has 1 aliphatic carbocycles. The monoisotopic (exact) mass is 557 g/mol. The minimum Gasteiger partial charge on any atom is -0.446 e. The number of halogens is 2. The molecule has 4 heterocycles. The van der Waals surface area contributed by atoms with E-state index in [0.717, 1.165) is 15.9 Å². The van der Waals surface area contributed by atoms with Gasteiger partial charge in [0.2, 0.25) is 11.8 Å². The molecule has 196 valence electrons. The van der Waals surface area contributed by atoms with E-state index >= 15 is 4.39 Å². The lowest BCUT2D eigenvalue weighted by Crippen LogP contribution is -2.52. The third-order valence-corrected chi connectivity index (χ3v) is 8.37. The number of rotatable bonds is 5. The SMILES string of the molecule is O=C1CC[C@@H](N2Cc3c(Cl)cc(CNC(=O)OC4CC(c5nccc6scnc56)C4)c(F)c3C2=O)C(=O)N1. The van der Waals surface area contributed by atoms with Crippen molar-refractivity contribution in [1.82, 2.24) is 25.5 Å². The molecule has 2 fully saturated rings. The Morgan fingerprint density at radius 3 is 2.89 bits per heavy atom. The summed E-state index contributed by atoms with van der Waals surface area (Å²) in [6.07, 6.45) is 2.21. The zero-order valence-electron chi connectivity index (χ0n) is 19.8. The van der Waals surface area contributed by atoms with Crippen molar-refractivity contribution in [2.75, 3.05) is 0 Å². The van der Waals surface area contributed by atoms with Crippen molar-refractivity contribution >= 4 is 57.0 Å². The minimum atomic E-state index is -0.886. The van der Waals surface area contributed by atoms with Crippen molar-refractivity contribution in [3.63, 3.8) is 0 Å². The predicted molar refractivity (Wildman–Crippen MR) is 134 cm³/mol. The van der Waals surface area contributed by atoms with E-state index in [1.54, 1.807) is 23.0 Å². The lowest BCUT2D eigenvalue weighted by Gasteiger charge is -2.34. The van der Waals surface area contributed by atoms with Gasteiger partial charge in [-0.15, -0.1) is 11.3 Å². The molecule has 2 aliphatic heterocycles. The largest absolute Gasteiger partial charge is 0.446 e. The van der Waals surface area contributed by atoms with Crippen molar-refractivity contribution in [1.29, 1.82) is 0 Å². The number of ether oxygens (including phenoxy) is 1. The van der Waals surface area contributed by atoms with Gasteiger partial charge in [0.25, 0.3) is 5.91 Å². The number of benzene rings is 1. The van der Waals surface area contributed by atoms with Crippen LogP contribution in [0.3, 0.4) is 0 Å². The molecule has 1 saturated heterocycles. The van der Waals surface area contributed by atoms with Gasteiger partial charge in [0.15, 0.2) is 0 Å². The van der Waals surface area contributed by atoms with Crippen molar-refractivity contribution in [3.05, 3.63) is 57.1 Å².